The Morgan fingerprint density at radius 3 is 2.68 bits per heavy atom. The first-order valence-electron chi connectivity index (χ1n) is 7.33. The minimum absolute atomic E-state index is 0.0683. The molecule has 0 aliphatic carbocycles. The van der Waals surface area contributed by atoms with Crippen LogP contribution in [0.15, 0.2) is 36.5 Å². The fourth-order valence-electron chi connectivity index (χ4n) is 2.54. The predicted octanol–water partition coefficient (Wildman–Crippen LogP) is 2.54. The molecule has 1 aromatic carbocycles. The van der Waals surface area contributed by atoms with Crippen LogP contribution in [0.1, 0.15) is 25.8 Å². The predicted molar refractivity (Wildman–Crippen MR) is 87.4 cm³/mol. The Balaban J connectivity index is 2.12. The van der Waals surface area contributed by atoms with Crippen LogP contribution in [-0.2, 0) is 15.6 Å². The second-order valence-corrected chi connectivity index (χ2v) is 8.16. The summed E-state index contributed by atoms with van der Waals surface area (Å²) in [6.07, 6.45) is 2.20. The normalized spacial score (nSPS) is 13.6. The number of nitrogens with one attached hydrogen (secondary N) is 1. The molecule has 1 heterocycles. The van der Waals surface area contributed by atoms with Crippen LogP contribution in [0.4, 0.5) is 0 Å². The van der Waals surface area contributed by atoms with Crippen molar-refractivity contribution in [1.29, 1.82) is 0 Å². The molecule has 0 radical (unpaired) electrons. The first-order valence-corrected chi connectivity index (χ1v) is 9.15. The van der Waals surface area contributed by atoms with Crippen LogP contribution in [0.3, 0.4) is 0 Å². The van der Waals surface area contributed by atoms with Gasteiger partial charge < -0.3 is 5.21 Å². The van der Waals surface area contributed by atoms with Gasteiger partial charge in [-0.3, -0.25) is 4.98 Å². The topological polar surface area (TPSA) is 79.3 Å². The third-order valence-electron chi connectivity index (χ3n) is 3.43. The summed E-state index contributed by atoms with van der Waals surface area (Å²) in [6.45, 7) is 3.98. The summed E-state index contributed by atoms with van der Waals surface area (Å²) in [7, 11) is -3.32. The van der Waals surface area contributed by atoms with Gasteiger partial charge in [0.05, 0.1) is 17.0 Å². The molecule has 6 heteroatoms. The highest BCUT2D eigenvalue weighted by molar-refractivity contribution is 7.90. The fraction of sp³-hybridized carbons (Fsp3) is 0.438. The molecule has 1 atom stereocenters. The summed E-state index contributed by atoms with van der Waals surface area (Å²) in [5.74, 6) is 0.150. The lowest BCUT2D eigenvalue weighted by molar-refractivity contribution is 0.124. The summed E-state index contributed by atoms with van der Waals surface area (Å²) in [5.41, 5.74) is 3.62. The number of para-hydroxylation sites is 1. The zero-order chi connectivity index (χ0) is 16.2. The average Bonchev–Trinajstić information content (AvgIpc) is 2.45. The zero-order valence-corrected chi connectivity index (χ0v) is 13.7. The summed E-state index contributed by atoms with van der Waals surface area (Å²) < 4.78 is 24.6. The molecule has 0 aliphatic heterocycles. The van der Waals surface area contributed by atoms with Crippen LogP contribution in [-0.4, -0.2) is 30.4 Å². The third kappa shape index (κ3) is 4.76. The molecular formula is C16H22N2O3S. The number of hydrogen-bond donors (Lipinski definition) is 2. The minimum Gasteiger partial charge on any atom is -0.317 e. The summed E-state index contributed by atoms with van der Waals surface area (Å²) in [6, 6.07) is 9.01. The summed E-state index contributed by atoms with van der Waals surface area (Å²) in [5, 5.41) is 10.0. The summed E-state index contributed by atoms with van der Waals surface area (Å²) in [4.78, 5) is 4.28. The van der Waals surface area contributed by atoms with E-state index in [9.17, 15) is 8.42 Å². The molecule has 2 rings (SSSR count). The van der Waals surface area contributed by atoms with Gasteiger partial charge in [0.25, 0.3) is 0 Å². The maximum Gasteiger partial charge on any atom is 0.156 e. The van der Waals surface area contributed by atoms with Gasteiger partial charge in [-0.15, -0.1) is 0 Å². The van der Waals surface area contributed by atoms with Crippen molar-refractivity contribution in [2.45, 2.75) is 32.1 Å². The molecule has 0 aliphatic rings. The number of benzene rings is 1. The smallest absolute Gasteiger partial charge is 0.156 e. The van der Waals surface area contributed by atoms with E-state index >= 15 is 0 Å². The number of fused-ring (bicyclic) bond motifs is 1. The molecule has 22 heavy (non-hydrogen) atoms. The number of pyridine rings is 1. The number of aromatic nitrogens is 1. The van der Waals surface area contributed by atoms with Gasteiger partial charge >= 0.3 is 0 Å². The molecule has 120 valence electrons. The number of sulfone groups is 1. The van der Waals surface area contributed by atoms with Gasteiger partial charge in [0, 0.05) is 17.6 Å². The zero-order valence-electron chi connectivity index (χ0n) is 12.9. The average molecular weight is 322 g/mol. The third-order valence-corrected chi connectivity index (χ3v) is 5.11. The van der Waals surface area contributed by atoms with Crippen molar-refractivity contribution in [2.24, 2.45) is 5.92 Å². The molecule has 0 saturated carbocycles. The highest BCUT2D eigenvalue weighted by Gasteiger charge is 2.20. The van der Waals surface area contributed by atoms with Crippen LogP contribution >= 0.6 is 0 Å². The van der Waals surface area contributed by atoms with E-state index in [1.807, 2.05) is 44.2 Å². The van der Waals surface area contributed by atoms with Crippen molar-refractivity contribution >= 4 is 20.7 Å². The minimum atomic E-state index is -3.32. The first kappa shape index (κ1) is 16.9. The van der Waals surface area contributed by atoms with Gasteiger partial charge in [0.2, 0.25) is 0 Å². The largest absolute Gasteiger partial charge is 0.317 e. The van der Waals surface area contributed by atoms with E-state index in [-0.39, 0.29) is 11.5 Å². The highest BCUT2D eigenvalue weighted by atomic mass is 32.2. The van der Waals surface area contributed by atoms with Crippen molar-refractivity contribution in [3.05, 3.63) is 42.1 Å². The van der Waals surface area contributed by atoms with Crippen molar-refractivity contribution in [3.63, 3.8) is 0 Å². The Morgan fingerprint density at radius 1 is 1.27 bits per heavy atom. The Kier molecular flexibility index (Phi) is 5.50. The molecular weight excluding hydrogens is 300 g/mol. The maximum atomic E-state index is 12.3. The van der Waals surface area contributed by atoms with Crippen molar-refractivity contribution < 1.29 is 13.6 Å². The van der Waals surface area contributed by atoms with E-state index in [2.05, 4.69) is 10.5 Å². The first-order chi connectivity index (χ1) is 10.4. The molecule has 0 amide bonds. The molecule has 0 spiro atoms. The van der Waals surface area contributed by atoms with E-state index < -0.39 is 15.9 Å². The van der Waals surface area contributed by atoms with Crippen molar-refractivity contribution in [3.8, 4) is 0 Å². The van der Waals surface area contributed by atoms with E-state index in [0.717, 1.165) is 10.9 Å². The molecule has 0 saturated heterocycles. The second kappa shape index (κ2) is 7.17. The van der Waals surface area contributed by atoms with E-state index in [4.69, 9.17) is 5.21 Å². The molecule has 0 bridgehead atoms. The van der Waals surface area contributed by atoms with Crippen LogP contribution in [0, 0.1) is 5.92 Å². The Labute approximate surface area is 131 Å². The highest BCUT2D eigenvalue weighted by Crippen LogP contribution is 2.16. The van der Waals surface area contributed by atoms with Crippen LogP contribution in [0.25, 0.3) is 10.9 Å². The Bertz CT molecular complexity index is 729. The van der Waals surface area contributed by atoms with Gasteiger partial charge in [0.15, 0.2) is 9.84 Å². The Morgan fingerprint density at radius 2 is 2.00 bits per heavy atom. The second-order valence-electron chi connectivity index (χ2n) is 6.05. The van der Waals surface area contributed by atoms with Gasteiger partial charge in [0.1, 0.15) is 0 Å². The molecule has 0 unspecified atom stereocenters. The van der Waals surface area contributed by atoms with Gasteiger partial charge in [-0.2, -0.15) is 0 Å². The van der Waals surface area contributed by atoms with Crippen LogP contribution in [0.2, 0.25) is 0 Å². The molecule has 0 fully saturated rings. The van der Waals surface area contributed by atoms with Gasteiger partial charge in [-0.05, 0) is 30.0 Å². The quantitative estimate of drug-likeness (QED) is 0.766. The van der Waals surface area contributed by atoms with Gasteiger partial charge in [-0.1, -0.05) is 32.0 Å². The van der Waals surface area contributed by atoms with Crippen LogP contribution in [0.5, 0.6) is 0 Å². The maximum absolute atomic E-state index is 12.3. The standard InChI is InChI=1S/C16H22N2O3S/c1-12(2)7-15(18-19)11-22(20,21)10-13-8-14-5-3-4-6-16(14)17-9-13/h3-6,8-9,12,15,18-19H,7,10-11H2,1-2H3/t15-/m0/s1. The fourth-order valence-corrected chi connectivity index (χ4v) is 4.15. The van der Waals surface area contributed by atoms with Crippen molar-refractivity contribution in [1.82, 2.24) is 10.5 Å². The Hall–Kier alpha value is -1.50. The lowest BCUT2D eigenvalue weighted by Crippen LogP contribution is -2.35. The number of nitrogens with zero attached hydrogens (tertiary/aromatic N) is 1. The van der Waals surface area contributed by atoms with E-state index in [1.165, 1.54) is 0 Å². The molecule has 2 aromatic rings. The number of hydroxylamine groups is 1. The lowest BCUT2D eigenvalue weighted by Gasteiger charge is -2.17. The van der Waals surface area contributed by atoms with Crippen LogP contribution < -0.4 is 5.48 Å². The SMILES string of the molecule is CC(C)C[C@@H](CS(=O)(=O)Cc1cnc2ccccc2c1)NO. The lowest BCUT2D eigenvalue weighted by atomic mass is 10.1. The van der Waals surface area contributed by atoms with Crippen molar-refractivity contribution in [2.75, 3.05) is 5.75 Å². The molecule has 2 N–H and O–H groups in total. The summed E-state index contributed by atoms with van der Waals surface area (Å²) >= 11 is 0. The number of rotatable bonds is 7. The number of hydrogen-bond acceptors (Lipinski definition) is 5. The monoisotopic (exact) mass is 322 g/mol. The molecule has 1 aromatic heterocycles. The van der Waals surface area contributed by atoms with Gasteiger partial charge in [-0.25, -0.2) is 13.9 Å². The van der Waals surface area contributed by atoms with E-state index in [1.54, 1.807) is 6.20 Å². The molecule has 5 nitrogen and oxygen atoms in total. The van der Waals surface area contributed by atoms with E-state index in [0.29, 0.717) is 17.9 Å².